The van der Waals surface area contributed by atoms with Gasteiger partial charge < -0.3 is 0 Å². The van der Waals surface area contributed by atoms with Crippen LogP contribution in [0.5, 0.6) is 0 Å². The van der Waals surface area contributed by atoms with Crippen LogP contribution in [0.15, 0.2) is 0 Å². The van der Waals surface area contributed by atoms with Crippen molar-refractivity contribution in [1.29, 1.82) is 0 Å². The second-order valence-electron chi connectivity index (χ2n) is 3.35. The molecule has 1 saturated heterocycles. The zero-order valence-electron chi connectivity index (χ0n) is 7.44. The molecule has 1 atom stereocenters. The van der Waals surface area contributed by atoms with Crippen LogP contribution < -0.4 is 0 Å². The highest BCUT2D eigenvalue weighted by molar-refractivity contribution is 6.17. The fourth-order valence-electron chi connectivity index (χ4n) is 1.92. The topological polar surface area (TPSA) is 3.24 Å². The summed E-state index contributed by atoms with van der Waals surface area (Å²) in [7, 11) is 0. The molecule has 0 aromatic carbocycles. The molecule has 1 heterocycles. The van der Waals surface area contributed by atoms with Gasteiger partial charge in [-0.3, -0.25) is 4.90 Å². The molecule has 0 saturated carbocycles. The summed E-state index contributed by atoms with van der Waals surface area (Å²) < 4.78 is 12.1. The number of likely N-dealkylation sites (tertiary alicyclic amines) is 1. The average molecular weight is 194 g/mol. The third kappa shape index (κ3) is 2.91. The van der Waals surface area contributed by atoms with Crippen molar-refractivity contribution in [1.82, 2.24) is 4.90 Å². The van der Waals surface area contributed by atoms with Gasteiger partial charge in [0.05, 0.1) is 0 Å². The molecule has 0 radical (unpaired) electrons. The monoisotopic (exact) mass is 193 g/mol. The molecule has 0 N–H and O–H groups in total. The Morgan fingerprint density at radius 3 is 2.92 bits per heavy atom. The molecule has 1 unspecified atom stereocenters. The molecule has 3 heteroatoms. The summed E-state index contributed by atoms with van der Waals surface area (Å²) in [4.78, 5) is 2.24. The lowest BCUT2D eigenvalue weighted by atomic mass is 10.0. The van der Waals surface area contributed by atoms with Gasteiger partial charge in [0.15, 0.2) is 0 Å². The minimum atomic E-state index is -0.223. The molecule has 0 bridgehead atoms. The first-order valence-electron chi connectivity index (χ1n) is 4.74. The highest BCUT2D eigenvalue weighted by atomic mass is 35.5. The second kappa shape index (κ2) is 5.76. The van der Waals surface area contributed by atoms with E-state index in [4.69, 9.17) is 11.6 Å². The fraction of sp³-hybridized carbons (Fsp3) is 1.00. The zero-order chi connectivity index (χ0) is 8.81. The third-order valence-electron chi connectivity index (χ3n) is 2.56. The second-order valence-corrected chi connectivity index (χ2v) is 3.73. The van der Waals surface area contributed by atoms with Crippen molar-refractivity contribution in [2.24, 2.45) is 0 Å². The quantitative estimate of drug-likeness (QED) is 0.620. The number of hydrogen-bond acceptors (Lipinski definition) is 1. The van der Waals surface area contributed by atoms with Crippen LogP contribution in [0.4, 0.5) is 4.39 Å². The van der Waals surface area contributed by atoms with Gasteiger partial charge in [0, 0.05) is 18.5 Å². The lowest BCUT2D eigenvalue weighted by Gasteiger charge is -2.34. The number of halogens is 2. The summed E-state index contributed by atoms with van der Waals surface area (Å²) in [5, 5.41) is 0. The number of nitrogens with zero attached hydrogens (tertiary/aromatic N) is 1. The lowest BCUT2D eigenvalue weighted by Crippen LogP contribution is -2.40. The first-order valence-corrected chi connectivity index (χ1v) is 5.28. The molecule has 1 aliphatic heterocycles. The summed E-state index contributed by atoms with van der Waals surface area (Å²) in [5.74, 6) is 0.702. The Balaban J connectivity index is 2.31. The predicted molar refractivity (Wildman–Crippen MR) is 50.5 cm³/mol. The largest absolute Gasteiger partial charge is 0.298 e. The van der Waals surface area contributed by atoms with E-state index < -0.39 is 0 Å². The predicted octanol–water partition coefficient (Wildman–Crippen LogP) is 2.44. The van der Waals surface area contributed by atoms with E-state index in [9.17, 15) is 4.39 Å². The Bertz CT molecular complexity index is 103. The molecule has 1 fully saturated rings. The number of piperidine rings is 1. The molecule has 0 aliphatic carbocycles. The smallest absolute Gasteiger partial charge is 0.102 e. The average Bonchev–Trinajstić information content (AvgIpc) is 2.09. The van der Waals surface area contributed by atoms with Crippen LogP contribution in [0.25, 0.3) is 0 Å². The summed E-state index contributed by atoms with van der Waals surface area (Å²) in [6.45, 7) is 1.44. The summed E-state index contributed by atoms with van der Waals surface area (Å²) in [6.07, 6.45) is 4.72. The van der Waals surface area contributed by atoms with E-state index in [1.165, 1.54) is 19.3 Å². The van der Waals surface area contributed by atoms with Gasteiger partial charge in [-0.15, -0.1) is 11.6 Å². The molecule has 1 aliphatic rings. The van der Waals surface area contributed by atoms with Gasteiger partial charge in [-0.25, -0.2) is 4.39 Å². The molecule has 12 heavy (non-hydrogen) atoms. The molecule has 0 aromatic heterocycles. The van der Waals surface area contributed by atoms with Gasteiger partial charge >= 0.3 is 0 Å². The number of alkyl halides is 2. The zero-order valence-corrected chi connectivity index (χ0v) is 8.19. The highest BCUT2D eigenvalue weighted by Crippen LogP contribution is 2.19. The molecule has 0 spiro atoms. The van der Waals surface area contributed by atoms with Crippen LogP contribution in [0.1, 0.15) is 25.7 Å². The van der Waals surface area contributed by atoms with E-state index in [2.05, 4.69) is 4.90 Å². The first kappa shape index (κ1) is 10.3. The maximum Gasteiger partial charge on any atom is 0.102 e. The van der Waals surface area contributed by atoms with E-state index in [0.29, 0.717) is 18.5 Å². The molecule has 0 aromatic rings. The Morgan fingerprint density at radius 1 is 1.42 bits per heavy atom. The Kier molecular flexibility index (Phi) is 4.93. The Hall–Kier alpha value is 0.180. The summed E-state index contributed by atoms with van der Waals surface area (Å²) in [6, 6.07) is 0.548. The van der Waals surface area contributed by atoms with Crippen molar-refractivity contribution in [2.45, 2.75) is 31.7 Å². The van der Waals surface area contributed by atoms with Gasteiger partial charge in [-0.05, 0) is 25.8 Å². The van der Waals surface area contributed by atoms with Gasteiger partial charge in [-0.2, -0.15) is 0 Å². The van der Waals surface area contributed by atoms with Crippen LogP contribution in [-0.2, 0) is 0 Å². The van der Waals surface area contributed by atoms with Gasteiger partial charge in [0.2, 0.25) is 0 Å². The molecular weight excluding hydrogens is 177 g/mol. The van der Waals surface area contributed by atoms with Crippen LogP contribution >= 0.6 is 11.6 Å². The molecular formula is C9H17ClFN. The van der Waals surface area contributed by atoms with E-state index in [1.807, 2.05) is 0 Å². The van der Waals surface area contributed by atoms with Crippen LogP contribution in [0.2, 0.25) is 0 Å². The molecule has 72 valence electrons. The van der Waals surface area contributed by atoms with Crippen molar-refractivity contribution in [2.75, 3.05) is 25.6 Å². The van der Waals surface area contributed by atoms with Crippen molar-refractivity contribution < 1.29 is 4.39 Å². The normalized spacial score (nSPS) is 26.0. The summed E-state index contributed by atoms with van der Waals surface area (Å²) >= 11 is 5.68. The van der Waals surface area contributed by atoms with E-state index in [0.717, 1.165) is 13.0 Å². The van der Waals surface area contributed by atoms with Crippen LogP contribution in [-0.4, -0.2) is 36.6 Å². The third-order valence-corrected chi connectivity index (χ3v) is 2.78. The van der Waals surface area contributed by atoms with E-state index >= 15 is 0 Å². The first-order chi connectivity index (χ1) is 5.88. The standard InChI is InChI=1S/C9H17ClFN/c10-5-4-9-3-1-2-7-12(9)8-6-11/h9H,1-8H2. The van der Waals surface area contributed by atoms with Gasteiger partial charge in [0.25, 0.3) is 0 Å². The van der Waals surface area contributed by atoms with Crippen molar-refractivity contribution in [3.8, 4) is 0 Å². The highest BCUT2D eigenvalue weighted by Gasteiger charge is 2.20. The van der Waals surface area contributed by atoms with E-state index in [-0.39, 0.29) is 6.67 Å². The number of hydrogen-bond donors (Lipinski definition) is 0. The van der Waals surface area contributed by atoms with Gasteiger partial charge in [-0.1, -0.05) is 6.42 Å². The van der Waals surface area contributed by atoms with Crippen LogP contribution in [0.3, 0.4) is 0 Å². The van der Waals surface area contributed by atoms with Crippen LogP contribution in [0, 0.1) is 0 Å². The SMILES string of the molecule is FCCN1CCCCC1CCCl. The molecule has 1 rings (SSSR count). The lowest BCUT2D eigenvalue weighted by molar-refractivity contribution is 0.135. The minimum absolute atomic E-state index is 0.223. The maximum atomic E-state index is 12.1. The Morgan fingerprint density at radius 2 is 2.25 bits per heavy atom. The number of rotatable bonds is 4. The van der Waals surface area contributed by atoms with Crippen molar-refractivity contribution in [3.05, 3.63) is 0 Å². The van der Waals surface area contributed by atoms with Crippen molar-refractivity contribution in [3.63, 3.8) is 0 Å². The van der Waals surface area contributed by atoms with Crippen molar-refractivity contribution >= 4 is 11.6 Å². The molecule has 0 amide bonds. The minimum Gasteiger partial charge on any atom is -0.298 e. The molecule has 1 nitrogen and oxygen atoms in total. The Labute approximate surface area is 78.9 Å². The fourth-order valence-corrected chi connectivity index (χ4v) is 2.17. The van der Waals surface area contributed by atoms with E-state index in [1.54, 1.807) is 0 Å². The van der Waals surface area contributed by atoms with Gasteiger partial charge in [0.1, 0.15) is 6.67 Å². The summed E-state index contributed by atoms with van der Waals surface area (Å²) in [5.41, 5.74) is 0. The maximum absolute atomic E-state index is 12.1.